The highest BCUT2D eigenvalue weighted by Crippen LogP contribution is 2.26. The van der Waals surface area contributed by atoms with Crippen LogP contribution in [0.15, 0.2) is 66.7 Å². The van der Waals surface area contributed by atoms with Gasteiger partial charge < -0.3 is 8.74 Å². The molecule has 33 heavy (non-hydrogen) atoms. The molecule has 0 N–H and O–H groups in total. The second-order valence-corrected chi connectivity index (χ2v) is 11.6. The molecule has 0 atom stereocenters. The number of rotatable bonds is 4. The second kappa shape index (κ2) is 10.0. The first kappa shape index (κ1) is 27.1. The first-order valence-corrected chi connectivity index (χ1v) is 13.2. The number of fused-ring (bicyclic) bond motifs is 1. The molecular formula is C18H11F6IO6S2. The summed E-state index contributed by atoms with van der Waals surface area (Å²) in [5.41, 5.74) is -11.1. The molecule has 3 aromatic rings. The molecule has 15 heteroatoms. The van der Waals surface area contributed by atoms with E-state index in [9.17, 15) is 34.8 Å². The number of benzene rings is 3. The fourth-order valence-corrected chi connectivity index (χ4v) is 5.50. The first-order chi connectivity index (χ1) is 15.0. The van der Waals surface area contributed by atoms with E-state index in [4.69, 9.17) is 13.0 Å². The van der Waals surface area contributed by atoms with Crippen molar-refractivity contribution in [1.29, 1.82) is 0 Å². The Morgan fingerprint density at radius 3 is 1.76 bits per heavy atom. The van der Waals surface area contributed by atoms with Crippen LogP contribution in [0.5, 0.6) is 5.75 Å². The molecule has 0 aromatic heterocycles. The predicted molar refractivity (Wildman–Crippen MR) is 99.1 cm³/mol. The second-order valence-electron chi connectivity index (χ2n) is 5.87. The minimum atomic E-state index is -6.09. The molecule has 0 saturated heterocycles. The third-order valence-electron chi connectivity index (χ3n) is 3.54. The van der Waals surface area contributed by atoms with Gasteiger partial charge in [0.25, 0.3) is 0 Å². The van der Waals surface area contributed by atoms with Crippen molar-refractivity contribution >= 4 is 31.0 Å². The van der Waals surface area contributed by atoms with Crippen LogP contribution in [0.4, 0.5) is 26.3 Å². The molecule has 0 spiro atoms. The summed E-state index contributed by atoms with van der Waals surface area (Å²) in [5, 5.41) is 2.01. The highest BCUT2D eigenvalue weighted by Gasteiger charge is 2.49. The van der Waals surface area contributed by atoms with Crippen molar-refractivity contribution in [1.82, 2.24) is 0 Å². The monoisotopic (exact) mass is 628 g/mol. The van der Waals surface area contributed by atoms with Crippen LogP contribution >= 0.6 is 0 Å². The molecule has 0 fully saturated rings. The van der Waals surface area contributed by atoms with E-state index in [0.29, 0.717) is 3.57 Å². The summed E-state index contributed by atoms with van der Waals surface area (Å²) in [5.74, 6) is -0.277. The van der Waals surface area contributed by atoms with Crippen molar-refractivity contribution in [2.75, 3.05) is 0 Å². The van der Waals surface area contributed by atoms with Crippen molar-refractivity contribution in [2.45, 2.75) is 11.0 Å². The normalized spacial score (nSPS) is 12.7. The number of para-hydroxylation sites is 1. The molecule has 0 radical (unpaired) electrons. The molecule has 0 unspecified atom stereocenters. The number of hydrogen-bond donors (Lipinski definition) is 0. The average molecular weight is 628 g/mol. The van der Waals surface area contributed by atoms with Crippen molar-refractivity contribution in [3.05, 3.63) is 73.9 Å². The van der Waals surface area contributed by atoms with Crippen LogP contribution in [0, 0.1) is 7.14 Å². The van der Waals surface area contributed by atoms with Gasteiger partial charge in [0.15, 0.2) is 15.9 Å². The van der Waals surface area contributed by atoms with Crippen LogP contribution in [0.1, 0.15) is 0 Å². The van der Waals surface area contributed by atoms with Gasteiger partial charge in [-0.1, -0.05) is 42.5 Å². The standard InChI is InChI=1S/C17H11F3IO3S.CHF3O3S/c18-17(19,20)25(22,23)24-16-11-4-3-9-15(16)21-14-10-5-7-12-6-1-2-8-13(12)14;2-1(3,4)8(5,6)7/h1-11H;(H,5,6,7)/q+1;/p-1. The highest BCUT2D eigenvalue weighted by atomic mass is 127. The Hall–Kier alpha value is -2.11. The largest absolute Gasteiger partial charge is 0.741 e. The lowest BCUT2D eigenvalue weighted by Crippen LogP contribution is -3.61. The molecule has 3 aromatic carbocycles. The maximum atomic E-state index is 12.6. The fourth-order valence-electron chi connectivity index (χ4n) is 2.13. The van der Waals surface area contributed by atoms with E-state index in [1.54, 1.807) is 12.1 Å². The molecule has 6 nitrogen and oxygen atoms in total. The summed E-state index contributed by atoms with van der Waals surface area (Å²) < 4.78 is 125. The molecule has 0 aliphatic rings. The molecule has 0 bridgehead atoms. The van der Waals surface area contributed by atoms with Crippen molar-refractivity contribution in [3.63, 3.8) is 0 Å². The fraction of sp³-hybridized carbons (Fsp3) is 0.111. The van der Waals surface area contributed by atoms with Crippen LogP contribution in [-0.4, -0.2) is 32.4 Å². The molecule has 180 valence electrons. The summed E-state index contributed by atoms with van der Waals surface area (Å²) in [7, 11) is -11.8. The molecular weight excluding hydrogens is 617 g/mol. The van der Waals surface area contributed by atoms with Gasteiger partial charge >= 0.3 is 42.3 Å². The Labute approximate surface area is 194 Å². The maximum absolute atomic E-state index is 12.6. The highest BCUT2D eigenvalue weighted by molar-refractivity contribution is 7.88. The van der Waals surface area contributed by atoms with Crippen molar-refractivity contribution in [2.24, 2.45) is 0 Å². The summed E-state index contributed by atoms with van der Waals surface area (Å²) in [6.07, 6.45) is 0. The molecule has 0 aliphatic heterocycles. The molecule has 3 rings (SSSR count). The van der Waals surface area contributed by atoms with Gasteiger partial charge in [-0.2, -0.15) is 34.8 Å². The third kappa shape index (κ3) is 7.18. The van der Waals surface area contributed by atoms with Gasteiger partial charge in [-0.3, -0.25) is 0 Å². The molecule has 0 heterocycles. The van der Waals surface area contributed by atoms with Crippen LogP contribution in [0.25, 0.3) is 10.8 Å². The summed E-state index contributed by atoms with van der Waals surface area (Å²) >= 11 is -0.943. The van der Waals surface area contributed by atoms with E-state index in [-0.39, 0.29) is 5.75 Å². The van der Waals surface area contributed by atoms with E-state index in [1.807, 2.05) is 42.5 Å². The smallest absolute Gasteiger partial charge is 0.534 e. The Bertz CT molecular complexity index is 1330. The van der Waals surface area contributed by atoms with Gasteiger partial charge in [0.2, 0.25) is 7.14 Å². The summed E-state index contributed by atoms with van der Waals surface area (Å²) in [4.78, 5) is 0. The maximum Gasteiger partial charge on any atom is 0.534 e. The number of hydrogen-bond acceptors (Lipinski definition) is 6. The van der Waals surface area contributed by atoms with Gasteiger partial charge in [0, 0.05) is 5.39 Å². The zero-order valence-corrected chi connectivity index (χ0v) is 19.6. The topological polar surface area (TPSA) is 101 Å². The third-order valence-corrected chi connectivity index (χ3v) is 8.07. The lowest BCUT2D eigenvalue weighted by atomic mass is 10.1. The van der Waals surface area contributed by atoms with Crippen LogP contribution in [-0.2, 0) is 20.2 Å². The van der Waals surface area contributed by atoms with E-state index in [1.165, 1.54) is 12.1 Å². The zero-order valence-electron chi connectivity index (χ0n) is 15.8. The SMILES string of the molecule is O=S(=O)(Oc1ccccc1[I+]c1cccc2ccccc12)C(F)(F)F.O=S(=O)([O-])C(F)(F)F. The first-order valence-electron chi connectivity index (χ1n) is 8.27. The summed E-state index contributed by atoms with van der Waals surface area (Å²) in [6, 6.07) is 19.3. The molecule has 0 saturated carbocycles. The van der Waals surface area contributed by atoms with Gasteiger partial charge in [-0.15, -0.1) is 0 Å². The van der Waals surface area contributed by atoms with E-state index < -0.39 is 52.5 Å². The zero-order chi connectivity index (χ0) is 25.1. The van der Waals surface area contributed by atoms with Crippen LogP contribution in [0.2, 0.25) is 0 Å². The Morgan fingerprint density at radius 2 is 1.18 bits per heavy atom. The minimum absolute atomic E-state index is 0.277. The predicted octanol–water partition coefficient (Wildman–Crippen LogP) is 1.25. The molecule has 0 aliphatic carbocycles. The summed E-state index contributed by atoms with van der Waals surface area (Å²) in [6.45, 7) is 0. The number of alkyl halides is 6. The Balaban J connectivity index is 0.000000414. The Morgan fingerprint density at radius 1 is 0.697 bits per heavy atom. The number of halogens is 7. The lowest BCUT2D eigenvalue weighted by molar-refractivity contribution is -0.595. The average Bonchev–Trinajstić information content (AvgIpc) is 2.68. The van der Waals surface area contributed by atoms with Gasteiger partial charge in [0.1, 0.15) is 0 Å². The van der Waals surface area contributed by atoms with E-state index in [0.717, 1.165) is 14.3 Å². The Kier molecular flexibility index (Phi) is 8.24. The van der Waals surface area contributed by atoms with Crippen LogP contribution in [0.3, 0.4) is 0 Å². The van der Waals surface area contributed by atoms with Gasteiger partial charge in [0.05, 0.1) is 0 Å². The van der Waals surface area contributed by atoms with Gasteiger partial charge in [-0.05, 0) is 29.7 Å². The van der Waals surface area contributed by atoms with Gasteiger partial charge in [-0.25, -0.2) is 8.42 Å². The van der Waals surface area contributed by atoms with E-state index in [2.05, 4.69) is 4.18 Å². The quantitative estimate of drug-likeness (QED) is 0.142. The van der Waals surface area contributed by atoms with Crippen molar-refractivity contribution < 1.29 is 73.1 Å². The van der Waals surface area contributed by atoms with E-state index >= 15 is 0 Å². The minimum Gasteiger partial charge on any atom is -0.741 e. The van der Waals surface area contributed by atoms with Crippen molar-refractivity contribution in [3.8, 4) is 5.75 Å². The molecule has 0 amide bonds. The lowest BCUT2D eigenvalue weighted by Gasteiger charge is -2.09. The van der Waals surface area contributed by atoms with Crippen LogP contribution < -0.4 is 25.4 Å².